The quantitative estimate of drug-likeness (QED) is 0.712. The molecule has 0 saturated carbocycles. The van der Waals surface area contributed by atoms with Gasteiger partial charge in [0.1, 0.15) is 0 Å². The number of nitrogens with zero attached hydrogens (tertiary/aromatic N) is 2. The van der Waals surface area contributed by atoms with Gasteiger partial charge in [-0.1, -0.05) is 47.5 Å². The molecule has 0 unspecified atom stereocenters. The fourth-order valence-electron chi connectivity index (χ4n) is 2.23. The zero-order valence-corrected chi connectivity index (χ0v) is 14.4. The molecule has 0 saturated heterocycles. The Bertz CT molecular complexity index is 872. The van der Waals surface area contributed by atoms with Gasteiger partial charge in [-0.05, 0) is 24.3 Å². The summed E-state index contributed by atoms with van der Waals surface area (Å²) in [5.41, 5.74) is 2.78. The zero-order chi connectivity index (χ0) is 16.2. The Kier molecular flexibility index (Phi) is 5.18. The van der Waals surface area contributed by atoms with E-state index >= 15 is 0 Å². The highest BCUT2D eigenvalue weighted by atomic mass is 35.5. The number of benzene rings is 2. The van der Waals surface area contributed by atoms with Crippen molar-refractivity contribution < 1.29 is 5.11 Å². The third-order valence-corrected chi connectivity index (χ3v) is 4.92. The minimum absolute atomic E-state index is 0.0348. The molecule has 0 bridgehead atoms. The van der Waals surface area contributed by atoms with Crippen molar-refractivity contribution in [3.63, 3.8) is 0 Å². The summed E-state index contributed by atoms with van der Waals surface area (Å²) >= 11 is 13.6. The first-order valence-corrected chi connectivity index (χ1v) is 8.67. The molecular weight excluding hydrogens is 351 g/mol. The van der Waals surface area contributed by atoms with Crippen LogP contribution in [-0.4, -0.2) is 16.3 Å². The molecule has 3 rings (SSSR count). The SMILES string of the molecule is OCCn1c(-c2ccc(Cl)c(Cl)c2)csc1=Nc1ccccc1. The molecule has 0 amide bonds. The fraction of sp³-hybridized carbons (Fsp3) is 0.118. The normalized spacial score (nSPS) is 11.9. The zero-order valence-electron chi connectivity index (χ0n) is 12.1. The number of aliphatic hydroxyl groups excluding tert-OH is 1. The summed E-state index contributed by atoms with van der Waals surface area (Å²) < 4.78 is 1.98. The van der Waals surface area contributed by atoms with Crippen molar-refractivity contribution in [3.05, 3.63) is 68.8 Å². The molecular formula is C17H14Cl2N2OS. The Labute approximate surface area is 148 Å². The highest BCUT2D eigenvalue weighted by Crippen LogP contribution is 2.29. The predicted octanol–water partition coefficient (Wildman–Crippen LogP) is 4.75. The van der Waals surface area contributed by atoms with Gasteiger partial charge in [-0.3, -0.25) is 0 Å². The van der Waals surface area contributed by atoms with Gasteiger partial charge in [0.05, 0.1) is 28.0 Å². The summed E-state index contributed by atoms with van der Waals surface area (Å²) in [4.78, 5) is 5.48. The number of aliphatic hydroxyl groups is 1. The molecule has 0 radical (unpaired) electrons. The molecule has 2 aromatic carbocycles. The maximum Gasteiger partial charge on any atom is 0.190 e. The lowest BCUT2D eigenvalue weighted by Gasteiger charge is -2.08. The fourth-order valence-corrected chi connectivity index (χ4v) is 3.49. The van der Waals surface area contributed by atoms with E-state index in [1.54, 1.807) is 6.07 Å². The smallest absolute Gasteiger partial charge is 0.190 e. The first-order valence-electron chi connectivity index (χ1n) is 7.03. The molecule has 0 aliphatic rings. The van der Waals surface area contributed by atoms with E-state index in [2.05, 4.69) is 4.99 Å². The number of aromatic nitrogens is 1. The van der Waals surface area contributed by atoms with Gasteiger partial charge in [-0.25, -0.2) is 4.99 Å². The van der Waals surface area contributed by atoms with E-state index < -0.39 is 0 Å². The standard InChI is InChI=1S/C17H14Cl2N2OS/c18-14-7-6-12(10-15(14)19)16-11-23-17(21(16)8-9-22)20-13-4-2-1-3-5-13/h1-7,10-11,22H,8-9H2. The van der Waals surface area contributed by atoms with Crippen molar-refractivity contribution >= 4 is 40.2 Å². The van der Waals surface area contributed by atoms with Crippen molar-refractivity contribution in [2.45, 2.75) is 6.54 Å². The summed E-state index contributed by atoms with van der Waals surface area (Å²) in [5, 5.41) is 12.4. The van der Waals surface area contributed by atoms with Crippen LogP contribution in [-0.2, 0) is 6.54 Å². The van der Waals surface area contributed by atoms with Crippen molar-refractivity contribution in [2.75, 3.05) is 6.61 Å². The lowest BCUT2D eigenvalue weighted by molar-refractivity contribution is 0.275. The largest absolute Gasteiger partial charge is 0.395 e. The van der Waals surface area contributed by atoms with Gasteiger partial charge in [0.25, 0.3) is 0 Å². The number of halogens is 2. The van der Waals surface area contributed by atoms with Crippen LogP contribution in [0.4, 0.5) is 5.69 Å². The second-order valence-electron chi connectivity index (χ2n) is 4.86. The maximum absolute atomic E-state index is 9.39. The molecule has 3 aromatic rings. The first-order chi connectivity index (χ1) is 11.2. The molecule has 1 aromatic heterocycles. The lowest BCUT2D eigenvalue weighted by Crippen LogP contribution is -2.17. The van der Waals surface area contributed by atoms with Gasteiger partial charge in [0.15, 0.2) is 4.80 Å². The van der Waals surface area contributed by atoms with Gasteiger partial charge in [0, 0.05) is 17.5 Å². The summed E-state index contributed by atoms with van der Waals surface area (Å²) in [6.45, 7) is 0.498. The molecule has 0 fully saturated rings. The molecule has 0 aliphatic heterocycles. The molecule has 0 spiro atoms. The third-order valence-electron chi connectivity index (χ3n) is 3.32. The van der Waals surface area contributed by atoms with Crippen LogP contribution in [0.25, 0.3) is 11.3 Å². The molecule has 6 heteroatoms. The van der Waals surface area contributed by atoms with Crippen LogP contribution < -0.4 is 4.80 Å². The molecule has 1 heterocycles. The van der Waals surface area contributed by atoms with Crippen molar-refractivity contribution in [1.82, 2.24) is 4.57 Å². The molecule has 23 heavy (non-hydrogen) atoms. The minimum atomic E-state index is 0.0348. The molecule has 0 aliphatic carbocycles. The van der Waals surface area contributed by atoms with E-state index in [0.29, 0.717) is 16.6 Å². The van der Waals surface area contributed by atoms with Crippen molar-refractivity contribution in [1.29, 1.82) is 0 Å². The van der Waals surface area contributed by atoms with Crippen LogP contribution >= 0.6 is 34.5 Å². The second-order valence-corrected chi connectivity index (χ2v) is 6.51. The van der Waals surface area contributed by atoms with Crippen LogP contribution in [0.1, 0.15) is 0 Å². The highest BCUT2D eigenvalue weighted by molar-refractivity contribution is 7.07. The minimum Gasteiger partial charge on any atom is -0.395 e. The van der Waals surface area contributed by atoms with E-state index in [1.807, 2.05) is 52.4 Å². The van der Waals surface area contributed by atoms with Crippen LogP contribution in [0.5, 0.6) is 0 Å². The monoisotopic (exact) mass is 364 g/mol. The Hall–Kier alpha value is -1.59. The average molecular weight is 365 g/mol. The lowest BCUT2D eigenvalue weighted by atomic mass is 10.2. The Morgan fingerprint density at radius 2 is 1.83 bits per heavy atom. The van der Waals surface area contributed by atoms with E-state index in [4.69, 9.17) is 23.2 Å². The average Bonchev–Trinajstić information content (AvgIpc) is 2.94. The Balaban J connectivity index is 2.12. The summed E-state index contributed by atoms with van der Waals surface area (Å²) in [6, 6.07) is 15.3. The van der Waals surface area contributed by atoms with Gasteiger partial charge in [0.2, 0.25) is 0 Å². The van der Waals surface area contributed by atoms with Gasteiger partial charge in [-0.15, -0.1) is 11.3 Å². The summed E-state index contributed by atoms with van der Waals surface area (Å²) in [7, 11) is 0. The van der Waals surface area contributed by atoms with Crippen molar-refractivity contribution in [2.24, 2.45) is 4.99 Å². The van der Waals surface area contributed by atoms with Gasteiger partial charge < -0.3 is 9.67 Å². The van der Waals surface area contributed by atoms with E-state index in [9.17, 15) is 5.11 Å². The molecule has 1 N–H and O–H groups in total. The van der Waals surface area contributed by atoms with E-state index in [-0.39, 0.29) is 6.61 Å². The number of para-hydroxylation sites is 1. The highest BCUT2D eigenvalue weighted by Gasteiger charge is 2.09. The van der Waals surface area contributed by atoms with Crippen LogP contribution in [0.3, 0.4) is 0 Å². The predicted molar refractivity (Wildman–Crippen MR) is 96.5 cm³/mol. The number of thiazole rings is 1. The molecule has 0 atom stereocenters. The summed E-state index contributed by atoms with van der Waals surface area (Å²) in [5.74, 6) is 0. The maximum atomic E-state index is 9.39. The van der Waals surface area contributed by atoms with Gasteiger partial charge in [-0.2, -0.15) is 0 Å². The van der Waals surface area contributed by atoms with E-state index in [1.165, 1.54) is 11.3 Å². The van der Waals surface area contributed by atoms with E-state index in [0.717, 1.165) is 21.7 Å². The van der Waals surface area contributed by atoms with Crippen LogP contribution in [0, 0.1) is 0 Å². The Morgan fingerprint density at radius 3 is 2.52 bits per heavy atom. The topological polar surface area (TPSA) is 37.5 Å². The van der Waals surface area contributed by atoms with Crippen LogP contribution in [0.15, 0.2) is 58.9 Å². The number of hydrogen-bond donors (Lipinski definition) is 1. The van der Waals surface area contributed by atoms with Gasteiger partial charge >= 0.3 is 0 Å². The first kappa shape index (κ1) is 16.3. The van der Waals surface area contributed by atoms with Crippen LogP contribution in [0.2, 0.25) is 10.0 Å². The third kappa shape index (κ3) is 3.67. The van der Waals surface area contributed by atoms with Crippen molar-refractivity contribution in [3.8, 4) is 11.3 Å². The number of hydrogen-bond acceptors (Lipinski definition) is 3. The molecule has 118 valence electrons. The molecule has 3 nitrogen and oxygen atoms in total. The Morgan fingerprint density at radius 1 is 1.04 bits per heavy atom. The number of rotatable bonds is 4. The summed E-state index contributed by atoms with van der Waals surface area (Å²) in [6.07, 6.45) is 0. The second kappa shape index (κ2) is 7.32.